The molecule has 3 aromatic rings. The molecule has 0 saturated carbocycles. The van der Waals surface area contributed by atoms with Crippen LogP contribution in [0.5, 0.6) is 5.88 Å². The first-order valence-corrected chi connectivity index (χ1v) is 5.97. The molecule has 3 rings (SSSR count). The Morgan fingerprint density at radius 2 is 1.83 bits per heavy atom. The fourth-order valence-electron chi connectivity index (χ4n) is 1.98. The molecule has 1 aromatic carbocycles. The van der Waals surface area contributed by atoms with Gasteiger partial charge in [-0.25, -0.2) is 4.98 Å². The van der Waals surface area contributed by atoms with E-state index in [4.69, 9.17) is 11.6 Å². The average Bonchev–Trinajstić information content (AvgIpc) is 2.70. The summed E-state index contributed by atoms with van der Waals surface area (Å²) in [6, 6.07) is 13.1. The Morgan fingerprint density at radius 1 is 1.11 bits per heavy atom. The lowest BCUT2D eigenvalue weighted by atomic mass is 10.1. The molecule has 0 spiro atoms. The number of halogens is 1. The van der Waals surface area contributed by atoms with Gasteiger partial charge in [0.2, 0.25) is 0 Å². The lowest BCUT2D eigenvalue weighted by Crippen LogP contribution is -1.90. The minimum absolute atomic E-state index is 0.127. The lowest BCUT2D eigenvalue weighted by Gasteiger charge is -2.03. The van der Waals surface area contributed by atoms with Gasteiger partial charge in [0.1, 0.15) is 5.82 Å². The second-order valence-corrected chi connectivity index (χ2v) is 4.55. The van der Waals surface area contributed by atoms with Crippen LogP contribution in [0.25, 0.3) is 16.9 Å². The van der Waals surface area contributed by atoms with E-state index in [-0.39, 0.29) is 5.88 Å². The molecule has 0 aliphatic carbocycles. The topological polar surface area (TPSA) is 37.5 Å². The van der Waals surface area contributed by atoms with E-state index in [9.17, 15) is 5.11 Å². The molecule has 0 radical (unpaired) electrons. The largest absolute Gasteiger partial charge is 0.494 e. The smallest absolute Gasteiger partial charge is 0.197 e. The number of hydrogen-bond donors (Lipinski definition) is 1. The van der Waals surface area contributed by atoms with Crippen molar-refractivity contribution in [3.8, 4) is 17.3 Å². The summed E-state index contributed by atoms with van der Waals surface area (Å²) in [6.07, 6.45) is 0. The Kier molecular flexibility index (Phi) is 2.49. The number of nitrogens with zero attached hydrogens (tertiary/aromatic N) is 2. The van der Waals surface area contributed by atoms with Crippen LogP contribution >= 0.6 is 11.6 Å². The molecule has 0 bridgehead atoms. The Morgan fingerprint density at radius 3 is 2.56 bits per heavy atom. The predicted molar refractivity (Wildman–Crippen MR) is 72.0 cm³/mol. The molecular formula is C14H11ClN2O. The third kappa shape index (κ3) is 1.64. The van der Waals surface area contributed by atoms with Gasteiger partial charge < -0.3 is 5.11 Å². The summed E-state index contributed by atoms with van der Waals surface area (Å²) >= 11 is 6.09. The second-order valence-electron chi connectivity index (χ2n) is 4.20. The highest BCUT2D eigenvalue weighted by atomic mass is 35.5. The van der Waals surface area contributed by atoms with E-state index in [1.807, 2.05) is 37.3 Å². The Labute approximate surface area is 109 Å². The van der Waals surface area contributed by atoms with E-state index in [0.717, 1.165) is 5.56 Å². The highest BCUT2D eigenvalue weighted by Crippen LogP contribution is 2.29. The van der Waals surface area contributed by atoms with Crippen molar-refractivity contribution in [1.82, 2.24) is 9.38 Å². The van der Waals surface area contributed by atoms with E-state index in [1.54, 1.807) is 16.5 Å². The summed E-state index contributed by atoms with van der Waals surface area (Å²) in [7, 11) is 0. The normalized spacial score (nSPS) is 11.0. The van der Waals surface area contributed by atoms with Crippen LogP contribution in [0.15, 0.2) is 42.5 Å². The first-order valence-electron chi connectivity index (χ1n) is 5.60. The van der Waals surface area contributed by atoms with Crippen molar-refractivity contribution < 1.29 is 5.11 Å². The zero-order valence-electron chi connectivity index (χ0n) is 9.76. The summed E-state index contributed by atoms with van der Waals surface area (Å²) in [5.41, 5.74) is 2.80. The van der Waals surface area contributed by atoms with Crippen LogP contribution in [0.4, 0.5) is 0 Å². The predicted octanol–water partition coefficient (Wildman–Crippen LogP) is 3.67. The number of aromatic nitrogens is 2. The number of hydrogen-bond acceptors (Lipinski definition) is 2. The number of benzene rings is 1. The zero-order chi connectivity index (χ0) is 12.7. The highest BCUT2D eigenvalue weighted by Gasteiger charge is 2.13. The van der Waals surface area contributed by atoms with Crippen molar-refractivity contribution >= 4 is 17.1 Å². The minimum Gasteiger partial charge on any atom is -0.494 e. The molecule has 2 heterocycles. The van der Waals surface area contributed by atoms with E-state index in [2.05, 4.69) is 4.98 Å². The third-order valence-corrected chi connectivity index (χ3v) is 3.18. The summed E-state index contributed by atoms with van der Waals surface area (Å²) < 4.78 is 1.65. The van der Waals surface area contributed by atoms with Crippen LogP contribution in [0, 0.1) is 6.92 Å². The van der Waals surface area contributed by atoms with E-state index >= 15 is 0 Å². The number of rotatable bonds is 1. The van der Waals surface area contributed by atoms with Gasteiger partial charge in [-0.3, -0.25) is 4.40 Å². The van der Waals surface area contributed by atoms with Gasteiger partial charge in [-0.2, -0.15) is 0 Å². The quantitative estimate of drug-likeness (QED) is 0.723. The standard InChI is InChI=1S/C14H11ClN2O/c1-9-5-7-10(8-6-9)14-16-13(15)11-3-2-4-12(18)17(11)14/h2-8,18H,1H3. The molecule has 0 atom stereocenters. The summed E-state index contributed by atoms with van der Waals surface area (Å²) in [5, 5.41) is 10.3. The minimum atomic E-state index is 0.127. The van der Waals surface area contributed by atoms with E-state index < -0.39 is 0 Å². The molecule has 0 aliphatic rings. The van der Waals surface area contributed by atoms with Crippen LogP contribution in [0.3, 0.4) is 0 Å². The maximum absolute atomic E-state index is 9.95. The van der Waals surface area contributed by atoms with Crippen LogP contribution in [-0.2, 0) is 0 Å². The number of aryl methyl sites for hydroxylation is 1. The fraction of sp³-hybridized carbons (Fsp3) is 0.0714. The van der Waals surface area contributed by atoms with E-state index in [0.29, 0.717) is 16.5 Å². The third-order valence-electron chi connectivity index (χ3n) is 2.91. The van der Waals surface area contributed by atoms with Gasteiger partial charge in [-0.15, -0.1) is 0 Å². The number of imidazole rings is 1. The molecule has 0 saturated heterocycles. The number of fused-ring (bicyclic) bond motifs is 1. The molecule has 2 aromatic heterocycles. The molecule has 4 heteroatoms. The first-order chi connectivity index (χ1) is 8.66. The lowest BCUT2D eigenvalue weighted by molar-refractivity contribution is 0.447. The summed E-state index contributed by atoms with van der Waals surface area (Å²) in [4.78, 5) is 4.32. The van der Waals surface area contributed by atoms with Crippen molar-refractivity contribution in [2.24, 2.45) is 0 Å². The zero-order valence-corrected chi connectivity index (χ0v) is 10.5. The van der Waals surface area contributed by atoms with Gasteiger partial charge in [-0.05, 0) is 19.1 Å². The van der Waals surface area contributed by atoms with Gasteiger partial charge in [0.25, 0.3) is 0 Å². The Hall–Kier alpha value is -2.00. The molecule has 1 N–H and O–H groups in total. The first kappa shape index (κ1) is 11.1. The molecule has 3 nitrogen and oxygen atoms in total. The SMILES string of the molecule is Cc1ccc(-c2nc(Cl)c3cccc(O)n23)cc1. The van der Waals surface area contributed by atoms with E-state index in [1.165, 1.54) is 5.56 Å². The van der Waals surface area contributed by atoms with Gasteiger partial charge in [-0.1, -0.05) is 47.5 Å². The van der Waals surface area contributed by atoms with Crippen molar-refractivity contribution in [1.29, 1.82) is 0 Å². The molecule has 0 aliphatic heterocycles. The summed E-state index contributed by atoms with van der Waals surface area (Å²) in [6.45, 7) is 2.03. The van der Waals surface area contributed by atoms with Crippen LogP contribution < -0.4 is 0 Å². The van der Waals surface area contributed by atoms with Crippen molar-refractivity contribution in [3.63, 3.8) is 0 Å². The second kappa shape index (κ2) is 4.03. The van der Waals surface area contributed by atoms with Crippen molar-refractivity contribution in [2.75, 3.05) is 0 Å². The van der Waals surface area contributed by atoms with Gasteiger partial charge in [0.05, 0.1) is 5.52 Å². The molecule has 0 fully saturated rings. The Balaban J connectivity index is 2.32. The van der Waals surface area contributed by atoms with Crippen molar-refractivity contribution in [2.45, 2.75) is 6.92 Å². The average molecular weight is 259 g/mol. The van der Waals surface area contributed by atoms with Crippen LogP contribution in [0.2, 0.25) is 5.15 Å². The van der Waals surface area contributed by atoms with Crippen LogP contribution in [0.1, 0.15) is 5.56 Å². The number of aromatic hydroxyl groups is 1. The highest BCUT2D eigenvalue weighted by molar-refractivity contribution is 6.32. The molecule has 0 unspecified atom stereocenters. The van der Waals surface area contributed by atoms with Crippen molar-refractivity contribution in [3.05, 3.63) is 53.2 Å². The number of pyridine rings is 1. The maximum Gasteiger partial charge on any atom is 0.197 e. The fourth-order valence-corrected chi connectivity index (χ4v) is 2.21. The summed E-state index contributed by atoms with van der Waals surface area (Å²) in [5.74, 6) is 0.774. The molecule has 90 valence electrons. The Bertz CT molecular complexity index is 716. The van der Waals surface area contributed by atoms with Gasteiger partial charge in [0.15, 0.2) is 11.0 Å². The van der Waals surface area contributed by atoms with Gasteiger partial charge >= 0.3 is 0 Å². The van der Waals surface area contributed by atoms with Crippen LogP contribution in [-0.4, -0.2) is 14.5 Å². The maximum atomic E-state index is 9.95. The molecule has 18 heavy (non-hydrogen) atoms. The molecular weight excluding hydrogens is 248 g/mol. The van der Waals surface area contributed by atoms with Gasteiger partial charge in [0, 0.05) is 5.56 Å². The molecule has 0 amide bonds. The monoisotopic (exact) mass is 258 g/mol.